The Morgan fingerprint density at radius 1 is 0.433 bits per heavy atom. The fourth-order valence-corrected chi connectivity index (χ4v) is 12.9. The molecule has 460 valence electrons. The molecule has 0 aliphatic rings. The third-order valence-electron chi connectivity index (χ3n) is 16.3. The van der Waals surface area contributed by atoms with E-state index in [-0.39, 0.29) is 116 Å². The van der Waals surface area contributed by atoms with Gasteiger partial charge >= 0.3 is 60.3 Å². The molecular formula is C79H77Ir3N8. The van der Waals surface area contributed by atoms with Crippen molar-refractivity contribution in [2.45, 2.75) is 67.3 Å². The maximum absolute atomic E-state index is 5.06. The minimum Gasteiger partial charge on any atom is -0.358 e. The van der Waals surface area contributed by atoms with Gasteiger partial charge in [-0.05, 0) is 104 Å². The summed E-state index contributed by atoms with van der Waals surface area (Å²) in [5.74, 6) is 0. The molecule has 90 heavy (non-hydrogen) atoms. The van der Waals surface area contributed by atoms with Crippen LogP contribution in [0.2, 0.25) is 0 Å². The topological polar surface area (TPSA) is 69.7 Å². The maximum Gasteiger partial charge on any atom is 3.00 e. The van der Waals surface area contributed by atoms with Gasteiger partial charge in [0.25, 0.3) is 0 Å². The molecule has 0 aliphatic heterocycles. The summed E-state index contributed by atoms with van der Waals surface area (Å²) in [6, 6.07) is 76.4. The van der Waals surface area contributed by atoms with E-state index in [1.165, 1.54) is 87.7 Å². The number of aromatic nitrogens is 8. The van der Waals surface area contributed by atoms with E-state index < -0.39 is 0 Å². The third kappa shape index (κ3) is 12.1. The quantitative estimate of drug-likeness (QED) is 0.130. The van der Waals surface area contributed by atoms with Crippen LogP contribution in [0.15, 0.2) is 201 Å². The molecule has 0 spiro atoms. The molecule has 0 radical (unpaired) electrons. The second-order valence-corrected chi connectivity index (χ2v) is 23.2. The van der Waals surface area contributed by atoms with Crippen molar-refractivity contribution < 1.29 is 60.3 Å². The van der Waals surface area contributed by atoms with E-state index in [1.54, 1.807) is 6.33 Å². The standard InChI is InChI=1S/C30H22N3.C29H29N2.C14H8N3.6CH3.3Ir/c1-30(2,33-26-17-9-6-13-22(26)23-14-7-10-18-27(23)33)28-19-31-29-24-15-4-3-11-20(24)21-12-5-8-16-25(21)32(28)29;1-18-10-9-11-19(2)26(18)27-20(3)30-28-23-13-8-7-12-22(23)24-16-21(17-29(4,5)6)14-15-25(24)31(27)28;1-2-7-12-10(5-1)11-6-3-4-8-13(11)17-14(12)15-9-16-17;;;;;;;;;/h3-14,16-19H,1-2H3;7-12,14-16H,17H2,1-6H3;1-7,9H;6*1H3;;;/q9*-1;3*+3. The SMILES string of the molecule is CC(C)(c1cnc2c3[c-]cccc3c3ccccc3n12)n1c2ccccc2c2ccccc21.Cc1cccc(C)c1-c1c(C)nc2c3[c-]cccc3c3cc(CC(C)(C)C)ccc3n12.[CH3-].[CH3-].[CH3-].[CH3-].[CH3-].[CH3-].[Ir+3].[Ir+3].[Ir+3].[c-]1cccc2c3ccccc3c3ncnn3c12. The van der Waals surface area contributed by atoms with Gasteiger partial charge in [0.2, 0.25) is 0 Å². The van der Waals surface area contributed by atoms with Crippen molar-refractivity contribution in [2.75, 3.05) is 0 Å². The molecule has 9 aromatic carbocycles. The third-order valence-corrected chi connectivity index (χ3v) is 16.3. The van der Waals surface area contributed by atoms with Gasteiger partial charge < -0.3 is 57.9 Å². The van der Waals surface area contributed by atoms with Gasteiger partial charge in [-0.3, -0.25) is 9.97 Å². The van der Waals surface area contributed by atoms with Crippen molar-refractivity contribution >= 4 is 104 Å². The van der Waals surface area contributed by atoms with Crippen molar-refractivity contribution in [3.63, 3.8) is 0 Å². The Morgan fingerprint density at radius 2 is 0.922 bits per heavy atom. The second-order valence-electron chi connectivity index (χ2n) is 23.2. The van der Waals surface area contributed by atoms with Crippen LogP contribution in [0.1, 0.15) is 62.7 Å². The average Bonchev–Trinajstić information content (AvgIpc) is 1.51. The minimum absolute atomic E-state index is 0. The number of nitrogens with zero attached hydrogens (tertiary/aromatic N) is 8. The first-order chi connectivity index (χ1) is 39.4. The summed E-state index contributed by atoms with van der Waals surface area (Å²) in [6.07, 6.45) is 4.68. The summed E-state index contributed by atoms with van der Waals surface area (Å²) in [5.41, 5.74) is 17.1. The molecule has 0 saturated heterocycles. The average molecular weight is 1720 g/mol. The summed E-state index contributed by atoms with van der Waals surface area (Å²) in [6.45, 7) is 18.0. The van der Waals surface area contributed by atoms with Gasteiger partial charge in [0.15, 0.2) is 5.65 Å². The summed E-state index contributed by atoms with van der Waals surface area (Å²) in [7, 11) is 0. The van der Waals surface area contributed by atoms with Gasteiger partial charge in [0.1, 0.15) is 6.33 Å². The predicted molar refractivity (Wildman–Crippen MR) is 374 cm³/mol. The first-order valence-corrected chi connectivity index (χ1v) is 27.8. The molecule has 16 rings (SSSR count). The molecule has 0 amide bonds. The molecule has 0 fully saturated rings. The number of para-hydroxylation sites is 4. The van der Waals surface area contributed by atoms with Crippen LogP contribution in [0, 0.1) is 88.9 Å². The van der Waals surface area contributed by atoms with Crippen LogP contribution in [-0.2, 0) is 72.3 Å². The zero-order valence-corrected chi connectivity index (χ0v) is 61.0. The number of hydrogen-bond donors (Lipinski definition) is 0. The first-order valence-electron chi connectivity index (χ1n) is 27.8. The maximum atomic E-state index is 5.06. The largest absolute Gasteiger partial charge is 3.00 e. The smallest absolute Gasteiger partial charge is 0.358 e. The molecule has 0 bridgehead atoms. The minimum atomic E-state index is -0.354. The van der Waals surface area contributed by atoms with Gasteiger partial charge in [0.05, 0.1) is 33.9 Å². The molecule has 0 atom stereocenters. The summed E-state index contributed by atoms with van der Waals surface area (Å²) in [4.78, 5) is 14.3. The van der Waals surface area contributed by atoms with Crippen LogP contribution >= 0.6 is 0 Å². The van der Waals surface area contributed by atoms with Crippen molar-refractivity contribution in [1.82, 2.24) is 37.9 Å². The van der Waals surface area contributed by atoms with Crippen LogP contribution in [-0.4, -0.2) is 37.9 Å². The van der Waals surface area contributed by atoms with Crippen molar-refractivity contribution in [3.05, 3.63) is 291 Å². The molecule has 11 heteroatoms. The van der Waals surface area contributed by atoms with Crippen LogP contribution in [0.3, 0.4) is 0 Å². The Hall–Kier alpha value is -7.71. The Kier molecular flexibility index (Phi) is 23.2. The number of imidazole rings is 2. The Balaban J connectivity index is 0.000000243. The van der Waals surface area contributed by atoms with Crippen LogP contribution in [0.5, 0.6) is 0 Å². The zero-order valence-electron chi connectivity index (χ0n) is 53.8. The van der Waals surface area contributed by atoms with E-state index in [0.717, 1.165) is 61.8 Å². The van der Waals surface area contributed by atoms with Gasteiger partial charge in [-0.2, -0.15) is 29.4 Å². The second kappa shape index (κ2) is 28.6. The zero-order chi connectivity index (χ0) is 55.3. The number of pyridine rings is 3. The van der Waals surface area contributed by atoms with Crippen LogP contribution in [0.4, 0.5) is 0 Å². The number of aryl methyl sites for hydroxylation is 3. The van der Waals surface area contributed by atoms with Gasteiger partial charge in [-0.25, -0.2) is 9.50 Å². The molecule has 7 aromatic heterocycles. The van der Waals surface area contributed by atoms with E-state index in [1.807, 2.05) is 47.1 Å². The molecule has 0 saturated carbocycles. The molecule has 7 heterocycles. The van der Waals surface area contributed by atoms with E-state index in [4.69, 9.17) is 9.97 Å². The number of benzene rings is 9. The Bertz CT molecular complexity index is 5030. The number of hydrogen-bond acceptors (Lipinski definition) is 4. The Morgan fingerprint density at radius 3 is 1.52 bits per heavy atom. The number of fused-ring (bicyclic) bond motifs is 21. The van der Waals surface area contributed by atoms with Crippen molar-refractivity contribution in [2.24, 2.45) is 5.41 Å². The first kappa shape index (κ1) is 73.0. The summed E-state index contributed by atoms with van der Waals surface area (Å²) in [5, 5.41) is 17.3. The molecule has 0 N–H and O–H groups in total. The molecule has 8 nitrogen and oxygen atoms in total. The predicted octanol–water partition coefficient (Wildman–Crippen LogP) is 20.5. The molecule has 16 aromatic rings. The molecule has 0 unspecified atom stereocenters. The normalized spacial score (nSPS) is 11.0. The number of rotatable bonds is 4. The summed E-state index contributed by atoms with van der Waals surface area (Å²) < 4.78 is 9.00. The Labute approximate surface area is 572 Å². The van der Waals surface area contributed by atoms with Gasteiger partial charge in [-0.1, -0.05) is 146 Å². The van der Waals surface area contributed by atoms with E-state index >= 15 is 0 Å². The fourth-order valence-electron chi connectivity index (χ4n) is 12.9. The summed E-state index contributed by atoms with van der Waals surface area (Å²) >= 11 is 0. The fraction of sp³-hybridized carbons (Fsp3) is 0.139. The van der Waals surface area contributed by atoms with E-state index in [2.05, 4.69) is 249 Å². The molecular weight excluding hydrogens is 1640 g/mol. The van der Waals surface area contributed by atoms with Crippen LogP contribution in [0.25, 0.3) is 115 Å². The van der Waals surface area contributed by atoms with Crippen molar-refractivity contribution in [3.8, 4) is 11.3 Å². The van der Waals surface area contributed by atoms with Crippen LogP contribution < -0.4 is 0 Å². The van der Waals surface area contributed by atoms with E-state index in [9.17, 15) is 0 Å². The monoisotopic (exact) mass is 1720 g/mol. The van der Waals surface area contributed by atoms with E-state index in [0.29, 0.717) is 0 Å². The molecule has 0 aliphatic carbocycles. The van der Waals surface area contributed by atoms with Crippen molar-refractivity contribution in [1.29, 1.82) is 0 Å². The van der Waals surface area contributed by atoms with Gasteiger partial charge in [-0.15, -0.1) is 64.7 Å². The van der Waals surface area contributed by atoms with Gasteiger partial charge in [0, 0.05) is 50.0 Å².